The summed E-state index contributed by atoms with van der Waals surface area (Å²) in [5.41, 5.74) is 2.85. The second-order valence-electron chi connectivity index (χ2n) is 4.83. The third kappa shape index (κ3) is 1.47. The van der Waals surface area contributed by atoms with Gasteiger partial charge in [-0.1, -0.05) is 32.1 Å². The second kappa shape index (κ2) is 3.23. The van der Waals surface area contributed by atoms with E-state index in [9.17, 15) is 0 Å². The zero-order valence-corrected chi connectivity index (χ0v) is 8.96. The molecule has 1 heteroatoms. The Balaban J connectivity index is 2.38. The van der Waals surface area contributed by atoms with Gasteiger partial charge in [0, 0.05) is 17.8 Å². The van der Waals surface area contributed by atoms with Crippen molar-refractivity contribution in [1.82, 2.24) is 4.98 Å². The van der Waals surface area contributed by atoms with Crippen LogP contribution >= 0.6 is 0 Å². The van der Waals surface area contributed by atoms with E-state index in [1.807, 2.05) is 12.3 Å². The Morgan fingerprint density at radius 3 is 2.71 bits per heavy atom. The summed E-state index contributed by atoms with van der Waals surface area (Å²) in [6.45, 7) is 8.79. The largest absolute Gasteiger partial charge is 0.261 e. The summed E-state index contributed by atoms with van der Waals surface area (Å²) in [6.07, 6.45) is 4.25. The van der Waals surface area contributed by atoms with Crippen LogP contribution in [0.3, 0.4) is 0 Å². The molecule has 74 valence electrons. The monoisotopic (exact) mass is 187 g/mol. The van der Waals surface area contributed by atoms with Crippen molar-refractivity contribution in [3.8, 4) is 0 Å². The fourth-order valence-electron chi connectivity index (χ4n) is 2.48. The SMILES string of the molecule is C=C1CCC(C)(C)C1c1ccccn1. The Bertz CT molecular complexity index is 338. The minimum atomic E-state index is 0.325. The molecule has 1 aliphatic rings. The molecule has 0 aliphatic heterocycles. The molecule has 1 aromatic heterocycles. The lowest BCUT2D eigenvalue weighted by Crippen LogP contribution is -2.17. The number of hydrogen-bond donors (Lipinski definition) is 0. The van der Waals surface area contributed by atoms with Crippen molar-refractivity contribution in [2.75, 3.05) is 0 Å². The number of nitrogens with zero attached hydrogens (tertiary/aromatic N) is 1. The van der Waals surface area contributed by atoms with E-state index in [0.717, 1.165) is 6.42 Å². The Morgan fingerprint density at radius 1 is 1.43 bits per heavy atom. The van der Waals surface area contributed by atoms with Gasteiger partial charge >= 0.3 is 0 Å². The quantitative estimate of drug-likeness (QED) is 0.613. The van der Waals surface area contributed by atoms with Crippen LogP contribution in [0.1, 0.15) is 38.3 Å². The van der Waals surface area contributed by atoms with Crippen molar-refractivity contribution in [2.45, 2.75) is 32.6 Å². The maximum absolute atomic E-state index is 4.45. The first-order chi connectivity index (χ1) is 6.61. The van der Waals surface area contributed by atoms with Crippen molar-refractivity contribution in [1.29, 1.82) is 0 Å². The van der Waals surface area contributed by atoms with Crippen LogP contribution < -0.4 is 0 Å². The van der Waals surface area contributed by atoms with Gasteiger partial charge < -0.3 is 0 Å². The molecule has 1 atom stereocenters. The fraction of sp³-hybridized carbons (Fsp3) is 0.462. The van der Waals surface area contributed by atoms with Crippen LogP contribution in [0.25, 0.3) is 0 Å². The summed E-state index contributed by atoms with van der Waals surface area (Å²) in [5.74, 6) is 0.448. The first kappa shape index (κ1) is 9.45. The Labute approximate surface area is 85.9 Å². The van der Waals surface area contributed by atoms with Gasteiger partial charge in [0.05, 0.1) is 0 Å². The van der Waals surface area contributed by atoms with Gasteiger partial charge in [-0.05, 0) is 30.4 Å². The van der Waals surface area contributed by atoms with Gasteiger partial charge in [-0.15, -0.1) is 0 Å². The van der Waals surface area contributed by atoms with Gasteiger partial charge in [0.25, 0.3) is 0 Å². The molecule has 0 saturated heterocycles. The van der Waals surface area contributed by atoms with E-state index < -0.39 is 0 Å². The van der Waals surface area contributed by atoms with Crippen LogP contribution in [-0.2, 0) is 0 Å². The summed E-state index contributed by atoms with van der Waals surface area (Å²) in [5, 5.41) is 0. The zero-order valence-electron chi connectivity index (χ0n) is 8.96. The van der Waals surface area contributed by atoms with Gasteiger partial charge in [-0.3, -0.25) is 4.98 Å². The average molecular weight is 187 g/mol. The molecule has 0 aromatic carbocycles. The van der Waals surface area contributed by atoms with Crippen LogP contribution in [0.15, 0.2) is 36.5 Å². The highest BCUT2D eigenvalue weighted by atomic mass is 14.7. The smallest absolute Gasteiger partial charge is 0.0480 e. The number of rotatable bonds is 1. The lowest BCUT2D eigenvalue weighted by Gasteiger charge is -2.26. The van der Waals surface area contributed by atoms with Crippen LogP contribution in [0.2, 0.25) is 0 Å². The highest BCUT2D eigenvalue weighted by molar-refractivity contribution is 5.28. The van der Waals surface area contributed by atoms with Crippen molar-refractivity contribution in [3.05, 3.63) is 42.2 Å². The second-order valence-corrected chi connectivity index (χ2v) is 4.83. The predicted molar refractivity (Wildman–Crippen MR) is 59.1 cm³/mol. The van der Waals surface area contributed by atoms with Gasteiger partial charge in [0.1, 0.15) is 0 Å². The standard InChI is InChI=1S/C13H17N/c1-10-7-8-13(2,3)12(10)11-6-4-5-9-14-11/h4-6,9,12H,1,7-8H2,2-3H3. The minimum absolute atomic E-state index is 0.325. The Morgan fingerprint density at radius 2 is 2.21 bits per heavy atom. The molecule has 1 saturated carbocycles. The average Bonchev–Trinajstić information content (AvgIpc) is 2.42. The third-order valence-corrected chi connectivity index (χ3v) is 3.26. The molecule has 2 rings (SSSR count). The normalized spacial score (nSPS) is 25.3. The van der Waals surface area contributed by atoms with Crippen molar-refractivity contribution in [3.63, 3.8) is 0 Å². The first-order valence-corrected chi connectivity index (χ1v) is 5.20. The molecule has 1 heterocycles. The predicted octanol–water partition coefficient (Wildman–Crippen LogP) is 3.54. The Kier molecular flexibility index (Phi) is 2.18. The number of allylic oxidation sites excluding steroid dienone is 1. The lowest BCUT2D eigenvalue weighted by atomic mass is 9.79. The van der Waals surface area contributed by atoms with Crippen LogP contribution in [-0.4, -0.2) is 4.98 Å². The molecule has 1 fully saturated rings. The van der Waals surface area contributed by atoms with Gasteiger partial charge in [-0.25, -0.2) is 0 Å². The fourth-order valence-corrected chi connectivity index (χ4v) is 2.48. The minimum Gasteiger partial charge on any atom is -0.261 e. The molecular formula is C13H17N. The molecule has 14 heavy (non-hydrogen) atoms. The van der Waals surface area contributed by atoms with Crippen molar-refractivity contribution in [2.24, 2.45) is 5.41 Å². The lowest BCUT2D eigenvalue weighted by molar-refractivity contribution is 0.341. The van der Waals surface area contributed by atoms with E-state index in [1.54, 1.807) is 0 Å². The molecular weight excluding hydrogens is 170 g/mol. The molecule has 0 amide bonds. The maximum atomic E-state index is 4.45. The van der Waals surface area contributed by atoms with Crippen LogP contribution in [0.5, 0.6) is 0 Å². The molecule has 0 radical (unpaired) electrons. The van der Waals surface area contributed by atoms with E-state index in [2.05, 4.69) is 37.5 Å². The topological polar surface area (TPSA) is 12.9 Å². The van der Waals surface area contributed by atoms with Gasteiger partial charge in [0.15, 0.2) is 0 Å². The van der Waals surface area contributed by atoms with Crippen molar-refractivity contribution >= 4 is 0 Å². The van der Waals surface area contributed by atoms with Crippen LogP contribution in [0.4, 0.5) is 0 Å². The summed E-state index contributed by atoms with van der Waals surface area (Å²) in [4.78, 5) is 4.45. The highest BCUT2D eigenvalue weighted by Crippen LogP contribution is 2.50. The van der Waals surface area contributed by atoms with E-state index in [4.69, 9.17) is 0 Å². The highest BCUT2D eigenvalue weighted by Gasteiger charge is 2.38. The molecule has 0 N–H and O–H groups in total. The van der Waals surface area contributed by atoms with Crippen LogP contribution in [0, 0.1) is 5.41 Å². The Hall–Kier alpha value is -1.11. The van der Waals surface area contributed by atoms with E-state index in [0.29, 0.717) is 11.3 Å². The molecule has 1 aliphatic carbocycles. The molecule has 0 bridgehead atoms. The molecule has 1 nitrogen and oxygen atoms in total. The van der Waals surface area contributed by atoms with Crippen molar-refractivity contribution < 1.29 is 0 Å². The summed E-state index contributed by atoms with van der Waals surface area (Å²) < 4.78 is 0. The molecule has 1 unspecified atom stereocenters. The van der Waals surface area contributed by atoms with Gasteiger partial charge in [-0.2, -0.15) is 0 Å². The number of aromatic nitrogens is 1. The van der Waals surface area contributed by atoms with E-state index in [-0.39, 0.29) is 0 Å². The molecule has 1 aromatic rings. The third-order valence-electron chi connectivity index (χ3n) is 3.26. The van der Waals surface area contributed by atoms with Gasteiger partial charge in [0.2, 0.25) is 0 Å². The van der Waals surface area contributed by atoms with E-state index >= 15 is 0 Å². The number of pyridine rings is 1. The summed E-state index contributed by atoms with van der Waals surface area (Å²) in [6, 6.07) is 6.14. The summed E-state index contributed by atoms with van der Waals surface area (Å²) in [7, 11) is 0. The summed E-state index contributed by atoms with van der Waals surface area (Å²) >= 11 is 0. The van der Waals surface area contributed by atoms with E-state index in [1.165, 1.54) is 17.7 Å². The number of hydrogen-bond acceptors (Lipinski definition) is 1. The maximum Gasteiger partial charge on any atom is 0.0480 e. The molecule has 0 spiro atoms. The zero-order chi connectivity index (χ0) is 10.2. The first-order valence-electron chi connectivity index (χ1n) is 5.20.